The molecule has 10 heteroatoms. The predicted octanol–water partition coefficient (Wildman–Crippen LogP) is 4.56. The van der Waals surface area contributed by atoms with E-state index in [0.717, 1.165) is 5.56 Å². The molecule has 4 amide bonds. The Labute approximate surface area is 236 Å². The van der Waals surface area contributed by atoms with E-state index in [1.54, 1.807) is 65.0 Å². The molecule has 2 atom stereocenters. The van der Waals surface area contributed by atoms with Crippen LogP contribution in [0.1, 0.15) is 78.0 Å². The molecule has 0 bridgehead atoms. The van der Waals surface area contributed by atoms with Crippen LogP contribution in [0.15, 0.2) is 48.5 Å². The van der Waals surface area contributed by atoms with Crippen molar-refractivity contribution >= 4 is 29.5 Å². The lowest BCUT2D eigenvalue weighted by atomic mass is 9.91. The number of nitrogens with two attached hydrogens (primary N) is 1. The second-order valence-corrected chi connectivity index (χ2v) is 11.3. The minimum Gasteiger partial charge on any atom is -0.508 e. The van der Waals surface area contributed by atoms with Gasteiger partial charge in [0, 0.05) is 23.2 Å². The molecule has 5 N–H and O–H groups in total. The number of phenols is 1. The Morgan fingerprint density at radius 1 is 1.00 bits per heavy atom. The van der Waals surface area contributed by atoms with Crippen molar-refractivity contribution in [1.82, 2.24) is 10.2 Å². The molecule has 0 aliphatic heterocycles. The maximum absolute atomic E-state index is 14.4. The molecule has 0 fully saturated rings. The summed E-state index contributed by atoms with van der Waals surface area (Å²) in [5, 5.41) is 16.3. The number of anilines is 1. The van der Waals surface area contributed by atoms with Crippen molar-refractivity contribution in [3.8, 4) is 5.75 Å². The molecule has 0 heterocycles. The highest BCUT2D eigenvalue weighted by atomic mass is 16.6. The molecule has 0 spiro atoms. The van der Waals surface area contributed by atoms with E-state index >= 15 is 0 Å². The van der Waals surface area contributed by atoms with E-state index in [0.29, 0.717) is 12.1 Å². The summed E-state index contributed by atoms with van der Waals surface area (Å²) in [6.07, 6.45) is -0.733. The molecular formula is C30H42N4O6. The molecule has 218 valence electrons. The van der Waals surface area contributed by atoms with Gasteiger partial charge >= 0.3 is 6.09 Å². The Morgan fingerprint density at radius 3 is 2.15 bits per heavy atom. The molecular weight excluding hydrogens is 512 g/mol. The van der Waals surface area contributed by atoms with Crippen molar-refractivity contribution in [2.75, 3.05) is 5.32 Å². The number of amides is 4. The average Bonchev–Trinajstić information content (AvgIpc) is 2.85. The molecule has 0 aliphatic rings. The second kappa shape index (κ2) is 13.3. The first-order valence-electron chi connectivity index (χ1n) is 13.3. The number of phenolic OH excluding ortho intramolecular Hbond substituents is 1. The number of hydrogen-bond donors (Lipinski definition) is 4. The quantitative estimate of drug-likeness (QED) is 0.320. The molecule has 2 rings (SSSR count). The van der Waals surface area contributed by atoms with E-state index < -0.39 is 47.0 Å². The number of ether oxygens (including phenoxy) is 1. The Hall–Kier alpha value is -4.08. The number of nitrogens with zero attached hydrogens (tertiary/aromatic N) is 1. The maximum atomic E-state index is 14.4. The van der Waals surface area contributed by atoms with Gasteiger partial charge in [-0.15, -0.1) is 0 Å². The summed E-state index contributed by atoms with van der Waals surface area (Å²) in [4.78, 5) is 54.1. The summed E-state index contributed by atoms with van der Waals surface area (Å²) in [7, 11) is 0. The number of alkyl carbamates (subject to hydrolysis) is 1. The molecule has 40 heavy (non-hydrogen) atoms. The van der Waals surface area contributed by atoms with E-state index in [-0.39, 0.29) is 24.2 Å². The van der Waals surface area contributed by atoms with Crippen LogP contribution in [-0.2, 0) is 19.1 Å². The molecule has 0 saturated carbocycles. The van der Waals surface area contributed by atoms with Crippen LogP contribution in [0.2, 0.25) is 0 Å². The van der Waals surface area contributed by atoms with Gasteiger partial charge in [0.2, 0.25) is 11.8 Å². The van der Waals surface area contributed by atoms with Gasteiger partial charge in [0.05, 0.1) is 0 Å². The zero-order chi connectivity index (χ0) is 30.3. The number of rotatable bonds is 11. The van der Waals surface area contributed by atoms with Crippen LogP contribution in [0.5, 0.6) is 5.75 Å². The second-order valence-electron chi connectivity index (χ2n) is 11.3. The fraction of sp³-hybridized carbons (Fsp3) is 0.467. The number of nitrogens with one attached hydrogen (secondary N) is 2. The van der Waals surface area contributed by atoms with Crippen molar-refractivity contribution in [1.29, 1.82) is 0 Å². The van der Waals surface area contributed by atoms with Crippen LogP contribution in [0.3, 0.4) is 0 Å². The molecule has 2 unspecified atom stereocenters. The van der Waals surface area contributed by atoms with Gasteiger partial charge in [-0.1, -0.05) is 43.3 Å². The van der Waals surface area contributed by atoms with Crippen molar-refractivity contribution in [2.24, 2.45) is 5.73 Å². The third-order valence-corrected chi connectivity index (χ3v) is 6.56. The number of carbonyl (C=O) groups excluding carboxylic acids is 4. The summed E-state index contributed by atoms with van der Waals surface area (Å²) in [5.41, 5.74) is 5.16. The highest BCUT2D eigenvalue weighted by Crippen LogP contribution is 2.37. The average molecular weight is 555 g/mol. The Bertz CT molecular complexity index is 1220. The summed E-state index contributed by atoms with van der Waals surface area (Å²) in [6.45, 7) is 12.3. The van der Waals surface area contributed by atoms with Crippen LogP contribution in [-0.4, -0.2) is 51.0 Å². The van der Waals surface area contributed by atoms with Gasteiger partial charge in [0.1, 0.15) is 23.4 Å². The van der Waals surface area contributed by atoms with Gasteiger partial charge in [-0.25, -0.2) is 4.79 Å². The minimum atomic E-state index is -1.29. The number of aromatic hydroxyl groups is 1. The monoisotopic (exact) mass is 554 g/mol. The fourth-order valence-electron chi connectivity index (χ4n) is 4.14. The Balaban J connectivity index is 2.67. The van der Waals surface area contributed by atoms with Crippen LogP contribution >= 0.6 is 0 Å². The van der Waals surface area contributed by atoms with E-state index in [4.69, 9.17) is 10.5 Å². The van der Waals surface area contributed by atoms with Gasteiger partial charge in [-0.05, 0) is 72.1 Å². The SMILES string of the molecule is CCC(C)(C)N(C(=O)C(CCC(N)=O)NC(=O)OC(C)(C)C)C(C(=O)Nc1ccccc1C)c1ccccc1O. The van der Waals surface area contributed by atoms with Gasteiger partial charge in [-0.3, -0.25) is 14.4 Å². The molecule has 2 aromatic carbocycles. The first-order chi connectivity index (χ1) is 18.6. The molecule has 0 radical (unpaired) electrons. The standard InChI is InChI=1S/C30H42N4O6/c1-8-30(6,7)34(27(38)22(17-18-24(31)36)33-28(39)40-29(3,4)5)25(20-14-10-12-16-23(20)35)26(37)32-21-15-11-9-13-19(21)2/h9-16,22,25,35H,8,17-18H2,1-7H3,(H2,31,36)(H,32,37)(H,33,39). The number of aryl methyl sites for hydroxylation is 1. The summed E-state index contributed by atoms with van der Waals surface area (Å²) in [5.74, 6) is -2.02. The predicted molar refractivity (Wildman–Crippen MR) is 153 cm³/mol. The van der Waals surface area contributed by atoms with Gasteiger partial charge < -0.3 is 31.1 Å². The number of hydrogen-bond acceptors (Lipinski definition) is 6. The lowest BCUT2D eigenvalue weighted by Crippen LogP contribution is -2.59. The van der Waals surface area contributed by atoms with Crippen molar-refractivity contribution in [3.05, 3.63) is 59.7 Å². The number of para-hydroxylation sites is 2. The van der Waals surface area contributed by atoms with E-state index in [1.807, 2.05) is 26.0 Å². The van der Waals surface area contributed by atoms with E-state index in [2.05, 4.69) is 10.6 Å². The normalized spacial score (nSPS) is 13.1. The summed E-state index contributed by atoms with van der Waals surface area (Å²) < 4.78 is 5.36. The molecule has 0 aromatic heterocycles. The zero-order valence-corrected chi connectivity index (χ0v) is 24.4. The molecule has 10 nitrogen and oxygen atoms in total. The van der Waals surface area contributed by atoms with Crippen LogP contribution < -0.4 is 16.4 Å². The number of primary amides is 1. The molecule has 0 aliphatic carbocycles. The highest BCUT2D eigenvalue weighted by molar-refractivity contribution is 6.00. The van der Waals surface area contributed by atoms with Crippen molar-refractivity contribution < 1.29 is 29.0 Å². The summed E-state index contributed by atoms with van der Waals surface area (Å²) >= 11 is 0. The number of carbonyl (C=O) groups is 4. The first kappa shape index (κ1) is 32.1. The minimum absolute atomic E-state index is 0.114. The largest absolute Gasteiger partial charge is 0.508 e. The highest BCUT2D eigenvalue weighted by Gasteiger charge is 2.44. The van der Waals surface area contributed by atoms with Gasteiger partial charge in [0.25, 0.3) is 5.91 Å². The third-order valence-electron chi connectivity index (χ3n) is 6.56. The Morgan fingerprint density at radius 2 is 1.60 bits per heavy atom. The van der Waals surface area contributed by atoms with Crippen molar-refractivity contribution in [2.45, 2.75) is 91.0 Å². The maximum Gasteiger partial charge on any atom is 0.408 e. The molecule has 2 aromatic rings. The Kier molecular flexibility index (Phi) is 10.7. The first-order valence-corrected chi connectivity index (χ1v) is 13.3. The van der Waals surface area contributed by atoms with E-state index in [1.165, 1.54) is 11.0 Å². The topological polar surface area (TPSA) is 151 Å². The number of benzene rings is 2. The van der Waals surface area contributed by atoms with Crippen LogP contribution in [0.25, 0.3) is 0 Å². The summed E-state index contributed by atoms with van der Waals surface area (Å²) in [6, 6.07) is 11.0. The zero-order valence-electron chi connectivity index (χ0n) is 24.4. The third kappa shape index (κ3) is 8.72. The van der Waals surface area contributed by atoms with Crippen LogP contribution in [0.4, 0.5) is 10.5 Å². The lowest BCUT2D eigenvalue weighted by Gasteiger charge is -2.44. The lowest BCUT2D eigenvalue weighted by molar-refractivity contribution is -0.148. The smallest absolute Gasteiger partial charge is 0.408 e. The fourth-order valence-corrected chi connectivity index (χ4v) is 4.14. The van der Waals surface area contributed by atoms with E-state index in [9.17, 15) is 24.3 Å². The van der Waals surface area contributed by atoms with Gasteiger partial charge in [-0.2, -0.15) is 0 Å². The molecule has 0 saturated heterocycles. The van der Waals surface area contributed by atoms with Gasteiger partial charge in [0.15, 0.2) is 0 Å². The van der Waals surface area contributed by atoms with Crippen molar-refractivity contribution in [3.63, 3.8) is 0 Å². The van der Waals surface area contributed by atoms with Crippen LogP contribution in [0, 0.1) is 6.92 Å².